The lowest BCUT2D eigenvalue weighted by Gasteiger charge is -2.34. The first-order valence-electron chi connectivity index (χ1n) is 7.15. The number of rotatable bonds is 9. The maximum Gasteiger partial charge on any atom is 0.510 e. The zero-order chi connectivity index (χ0) is 15.9. The molecule has 0 radical (unpaired) electrons. The van der Waals surface area contributed by atoms with E-state index in [9.17, 15) is 0 Å². The minimum absolute atomic E-state index is 0.141. The average molecular weight is 350 g/mol. The summed E-state index contributed by atoms with van der Waals surface area (Å²) in [5.41, 5.74) is 0.538. The molecular weight excluding hydrogens is 326 g/mol. The Morgan fingerprint density at radius 1 is 1.05 bits per heavy atom. The summed E-state index contributed by atoms with van der Waals surface area (Å²) in [5.74, 6) is 0. The fraction of sp³-hybridized carbons (Fsp3) is 0.750. The Bertz CT molecular complexity index is 532. The van der Waals surface area contributed by atoms with E-state index in [1.54, 1.807) is 0 Å². The van der Waals surface area contributed by atoms with Gasteiger partial charge in [0.2, 0.25) is 0 Å². The number of H-pyrrole nitrogens is 2. The van der Waals surface area contributed by atoms with Crippen LogP contribution in [0.3, 0.4) is 0 Å². The highest BCUT2D eigenvalue weighted by molar-refractivity contribution is 7.73. The molecule has 0 aromatic carbocycles. The number of nitrogens with one attached hydrogen (secondary N) is 2. The molecule has 0 bridgehead atoms. The van der Waals surface area contributed by atoms with E-state index >= 15 is 0 Å². The topological polar surface area (TPSA) is 72.2 Å². The molecule has 1 heterocycles. The molecule has 1 atom stereocenters. The molecule has 1 aromatic rings. The van der Waals surface area contributed by atoms with Crippen LogP contribution in [0.5, 0.6) is 0 Å². The Balaban J connectivity index is 3.38. The lowest BCUT2D eigenvalue weighted by atomic mass is 10.2. The quantitative estimate of drug-likeness (QED) is 0.526. The standard InChI is InChI=1S/C12H23N3O3S2Si/c1-5-9(10-11(19)12(20)14-15-13-10)21(16-6-2,17-7-3)18-8-4/h9H,5-8H2,1-4H3,(H,15,19)(H,13,14,20). The van der Waals surface area contributed by atoms with Crippen LogP contribution in [0.15, 0.2) is 0 Å². The third kappa shape index (κ3) is 4.27. The summed E-state index contributed by atoms with van der Waals surface area (Å²) < 4.78 is 18.9. The highest BCUT2D eigenvalue weighted by atomic mass is 32.1. The summed E-state index contributed by atoms with van der Waals surface area (Å²) in [6, 6.07) is 0. The van der Waals surface area contributed by atoms with Crippen LogP contribution in [0.4, 0.5) is 0 Å². The Hall–Kier alpha value is -0.453. The van der Waals surface area contributed by atoms with Gasteiger partial charge in [0.1, 0.15) is 4.64 Å². The lowest BCUT2D eigenvalue weighted by molar-refractivity contribution is 0.0605. The summed E-state index contributed by atoms with van der Waals surface area (Å²) in [6.07, 6.45) is 0.746. The molecular formula is C12H23N3O3S2Si. The molecule has 9 heteroatoms. The smallest absolute Gasteiger partial charge is 0.373 e. The fourth-order valence-corrected chi connectivity index (χ4v) is 5.84. The van der Waals surface area contributed by atoms with Crippen molar-refractivity contribution in [2.75, 3.05) is 19.8 Å². The molecule has 0 aliphatic rings. The molecule has 2 N–H and O–H groups in total. The van der Waals surface area contributed by atoms with Gasteiger partial charge < -0.3 is 13.3 Å². The highest BCUT2D eigenvalue weighted by Crippen LogP contribution is 2.32. The van der Waals surface area contributed by atoms with Crippen LogP contribution < -0.4 is 0 Å². The van der Waals surface area contributed by atoms with E-state index in [4.69, 9.17) is 37.7 Å². The molecule has 0 aliphatic heterocycles. The van der Waals surface area contributed by atoms with Crippen LogP contribution in [0.2, 0.25) is 0 Å². The fourth-order valence-electron chi connectivity index (χ4n) is 2.24. The van der Waals surface area contributed by atoms with Gasteiger partial charge in [0, 0.05) is 19.8 Å². The van der Waals surface area contributed by atoms with Gasteiger partial charge in [-0.25, -0.2) is 5.21 Å². The summed E-state index contributed by atoms with van der Waals surface area (Å²) in [5, 5.41) is 9.69. The minimum atomic E-state index is -2.93. The monoisotopic (exact) mass is 349 g/mol. The van der Waals surface area contributed by atoms with E-state index in [1.165, 1.54) is 0 Å². The molecule has 0 saturated carbocycles. The first-order chi connectivity index (χ1) is 10.1. The van der Waals surface area contributed by atoms with Crippen molar-refractivity contribution in [1.82, 2.24) is 15.4 Å². The molecule has 6 nitrogen and oxygen atoms in total. The van der Waals surface area contributed by atoms with Crippen molar-refractivity contribution in [2.45, 2.75) is 39.7 Å². The first-order valence-corrected chi connectivity index (χ1v) is 9.77. The van der Waals surface area contributed by atoms with Crippen molar-refractivity contribution in [3.63, 3.8) is 0 Å². The van der Waals surface area contributed by atoms with Crippen molar-refractivity contribution in [3.8, 4) is 0 Å². The molecule has 1 aromatic heterocycles. The normalized spacial score (nSPS) is 13.3. The third-order valence-corrected chi connectivity index (χ3v) is 7.44. The predicted molar refractivity (Wildman–Crippen MR) is 88.3 cm³/mol. The van der Waals surface area contributed by atoms with Gasteiger partial charge in [0.25, 0.3) is 0 Å². The highest BCUT2D eigenvalue weighted by Gasteiger charge is 2.50. The molecule has 0 saturated heterocycles. The number of hydrogen-bond donors (Lipinski definition) is 2. The van der Waals surface area contributed by atoms with Gasteiger partial charge in [-0.05, 0) is 27.2 Å². The van der Waals surface area contributed by atoms with Crippen LogP contribution in [0, 0.1) is 9.15 Å². The predicted octanol–water partition coefficient (Wildman–Crippen LogP) is 3.28. The van der Waals surface area contributed by atoms with E-state index in [-0.39, 0.29) is 5.54 Å². The Kier molecular flexibility index (Phi) is 7.85. The zero-order valence-electron chi connectivity index (χ0n) is 12.9. The third-order valence-electron chi connectivity index (χ3n) is 2.99. The van der Waals surface area contributed by atoms with E-state index < -0.39 is 8.80 Å². The molecule has 1 unspecified atom stereocenters. The van der Waals surface area contributed by atoms with Crippen LogP contribution >= 0.6 is 24.4 Å². The summed E-state index contributed by atoms with van der Waals surface area (Å²) in [7, 11) is -2.93. The number of aromatic amines is 2. The van der Waals surface area contributed by atoms with Crippen LogP contribution in [0.25, 0.3) is 0 Å². The van der Waals surface area contributed by atoms with E-state index in [0.717, 1.165) is 6.42 Å². The molecule has 0 fully saturated rings. The summed E-state index contributed by atoms with van der Waals surface area (Å²) >= 11 is 10.6. The second kappa shape index (κ2) is 8.86. The molecule has 0 amide bonds. The number of nitrogens with zero attached hydrogens (tertiary/aromatic N) is 1. The molecule has 0 spiro atoms. The van der Waals surface area contributed by atoms with Gasteiger partial charge >= 0.3 is 8.80 Å². The van der Waals surface area contributed by atoms with Crippen LogP contribution in [-0.2, 0) is 13.3 Å². The first kappa shape index (κ1) is 18.6. The van der Waals surface area contributed by atoms with Crippen molar-refractivity contribution >= 4 is 33.2 Å². The average Bonchev–Trinajstić information content (AvgIpc) is 2.45. The van der Waals surface area contributed by atoms with Crippen molar-refractivity contribution < 1.29 is 13.3 Å². The Morgan fingerprint density at radius 2 is 1.57 bits per heavy atom. The second-order valence-corrected chi connectivity index (χ2v) is 7.84. The van der Waals surface area contributed by atoms with Crippen LogP contribution in [0.1, 0.15) is 45.4 Å². The van der Waals surface area contributed by atoms with Gasteiger partial charge in [-0.15, -0.1) is 0 Å². The lowest BCUT2D eigenvalue weighted by Crippen LogP contribution is -2.52. The van der Waals surface area contributed by atoms with Crippen LogP contribution in [-0.4, -0.2) is 44.0 Å². The molecule has 120 valence electrons. The Labute approximate surface area is 136 Å². The van der Waals surface area contributed by atoms with Gasteiger partial charge in [-0.2, -0.15) is 5.10 Å². The molecule has 1 rings (SSSR count). The molecule has 21 heavy (non-hydrogen) atoms. The maximum absolute atomic E-state index is 5.96. The largest absolute Gasteiger partial charge is 0.510 e. The SMILES string of the molecule is CCO[Si](OCC)(OCC)C(CC)c1n[nH][nH]c(=S)c1=S. The van der Waals surface area contributed by atoms with Gasteiger partial charge in [-0.3, -0.25) is 5.10 Å². The van der Waals surface area contributed by atoms with Gasteiger partial charge in [0.05, 0.1) is 15.7 Å². The van der Waals surface area contributed by atoms with Crippen molar-refractivity contribution in [3.05, 3.63) is 14.8 Å². The number of hydrogen-bond acceptors (Lipinski definition) is 6. The minimum Gasteiger partial charge on any atom is -0.373 e. The molecule has 0 aliphatic carbocycles. The van der Waals surface area contributed by atoms with E-state index in [1.807, 2.05) is 27.7 Å². The van der Waals surface area contributed by atoms with Crippen molar-refractivity contribution in [1.29, 1.82) is 0 Å². The summed E-state index contributed by atoms with van der Waals surface area (Å²) in [6.45, 7) is 9.37. The zero-order valence-corrected chi connectivity index (χ0v) is 15.5. The Morgan fingerprint density at radius 3 is 2.00 bits per heavy atom. The number of aromatic nitrogens is 3. The summed E-state index contributed by atoms with van der Waals surface area (Å²) in [4.78, 5) is 0. The second-order valence-electron chi connectivity index (χ2n) is 4.26. The van der Waals surface area contributed by atoms with Gasteiger partial charge in [0.15, 0.2) is 0 Å². The van der Waals surface area contributed by atoms with E-state index in [0.29, 0.717) is 34.7 Å². The van der Waals surface area contributed by atoms with E-state index in [2.05, 4.69) is 15.4 Å². The van der Waals surface area contributed by atoms with Crippen molar-refractivity contribution in [2.24, 2.45) is 0 Å². The van der Waals surface area contributed by atoms with Gasteiger partial charge in [-0.1, -0.05) is 31.4 Å². The maximum atomic E-state index is 5.96.